The number of hydrogen-bond donors (Lipinski definition) is 0. The quantitative estimate of drug-likeness (QED) is 0.790. The Morgan fingerprint density at radius 1 is 1.14 bits per heavy atom. The Labute approximate surface area is 127 Å². The van der Waals surface area contributed by atoms with Crippen LogP contribution in [0.15, 0.2) is 24.3 Å². The third-order valence-corrected chi connectivity index (χ3v) is 5.27. The van der Waals surface area contributed by atoms with E-state index in [2.05, 4.69) is 39.0 Å². The Kier molecular flexibility index (Phi) is 3.59. The van der Waals surface area contributed by atoms with Crippen molar-refractivity contribution in [2.75, 3.05) is 0 Å². The van der Waals surface area contributed by atoms with Gasteiger partial charge in [-0.15, -0.1) is 0 Å². The van der Waals surface area contributed by atoms with Crippen molar-refractivity contribution in [3.63, 3.8) is 0 Å². The van der Waals surface area contributed by atoms with Crippen molar-refractivity contribution < 1.29 is 9.53 Å². The topological polar surface area (TPSA) is 26.3 Å². The fourth-order valence-electron chi connectivity index (χ4n) is 3.75. The van der Waals surface area contributed by atoms with E-state index in [-0.39, 0.29) is 16.9 Å². The van der Waals surface area contributed by atoms with Gasteiger partial charge in [-0.1, -0.05) is 52.2 Å². The van der Waals surface area contributed by atoms with E-state index < -0.39 is 0 Å². The van der Waals surface area contributed by atoms with E-state index in [0.717, 1.165) is 18.6 Å². The average Bonchev–Trinajstić information content (AvgIpc) is 2.47. The second-order valence-electron chi connectivity index (χ2n) is 7.73. The molecule has 1 spiro atoms. The summed E-state index contributed by atoms with van der Waals surface area (Å²) in [6.45, 7) is 6.63. The van der Waals surface area contributed by atoms with Crippen LogP contribution in [0.2, 0.25) is 0 Å². The van der Waals surface area contributed by atoms with Crippen molar-refractivity contribution in [2.24, 2.45) is 5.41 Å². The molecule has 1 unspecified atom stereocenters. The zero-order chi connectivity index (χ0) is 15.1. The molecule has 1 atom stereocenters. The molecule has 0 radical (unpaired) electrons. The van der Waals surface area contributed by atoms with Crippen LogP contribution in [0, 0.1) is 5.41 Å². The maximum Gasteiger partial charge on any atom is 0.146 e. The minimum atomic E-state index is -0.157. The van der Waals surface area contributed by atoms with Crippen LogP contribution in [0.5, 0.6) is 5.75 Å². The second kappa shape index (κ2) is 5.15. The van der Waals surface area contributed by atoms with Crippen LogP contribution in [0.4, 0.5) is 0 Å². The van der Waals surface area contributed by atoms with E-state index in [0.29, 0.717) is 12.2 Å². The lowest BCUT2D eigenvalue weighted by atomic mass is 9.57. The number of benzene rings is 1. The van der Waals surface area contributed by atoms with Gasteiger partial charge >= 0.3 is 0 Å². The van der Waals surface area contributed by atoms with E-state index in [4.69, 9.17) is 4.74 Å². The molecule has 2 heteroatoms. The Balaban J connectivity index is 1.76. The first-order valence-corrected chi connectivity index (χ1v) is 8.22. The molecule has 0 amide bonds. The van der Waals surface area contributed by atoms with Crippen molar-refractivity contribution in [2.45, 2.75) is 70.8 Å². The number of rotatable bonds is 2. The Morgan fingerprint density at radius 3 is 2.48 bits per heavy atom. The van der Waals surface area contributed by atoms with Gasteiger partial charge in [0.15, 0.2) is 0 Å². The predicted octanol–water partition coefficient (Wildman–Crippen LogP) is 4.65. The third-order valence-electron chi connectivity index (χ3n) is 5.27. The number of hydrogen-bond acceptors (Lipinski definition) is 2. The van der Waals surface area contributed by atoms with Gasteiger partial charge in [-0.2, -0.15) is 0 Å². The monoisotopic (exact) mass is 286 g/mol. The van der Waals surface area contributed by atoms with Gasteiger partial charge in [0.05, 0.1) is 5.41 Å². The summed E-state index contributed by atoms with van der Waals surface area (Å²) in [5.41, 5.74) is 1.25. The molecule has 114 valence electrons. The molecule has 2 saturated carbocycles. The smallest absolute Gasteiger partial charge is 0.146 e. The highest BCUT2D eigenvalue weighted by Crippen LogP contribution is 2.50. The van der Waals surface area contributed by atoms with Crippen molar-refractivity contribution in [3.05, 3.63) is 29.8 Å². The first-order chi connectivity index (χ1) is 9.92. The zero-order valence-corrected chi connectivity index (χ0v) is 13.4. The molecule has 0 saturated heterocycles. The summed E-state index contributed by atoms with van der Waals surface area (Å²) in [6.07, 6.45) is 6.35. The number of ketones is 1. The fourth-order valence-corrected chi connectivity index (χ4v) is 3.75. The molecular formula is C19H26O2. The van der Waals surface area contributed by atoms with Crippen LogP contribution in [0.1, 0.15) is 64.9 Å². The average molecular weight is 286 g/mol. The van der Waals surface area contributed by atoms with Crippen LogP contribution in [-0.4, -0.2) is 11.9 Å². The van der Waals surface area contributed by atoms with E-state index in [1.807, 2.05) is 6.07 Å². The number of Topliss-reactive ketones (excluding diaryl/α,β-unsaturated/α-hetero) is 1. The van der Waals surface area contributed by atoms with Crippen LogP contribution < -0.4 is 4.74 Å². The first kappa shape index (κ1) is 14.6. The van der Waals surface area contributed by atoms with Gasteiger partial charge in [0.1, 0.15) is 17.6 Å². The summed E-state index contributed by atoms with van der Waals surface area (Å²) < 4.78 is 6.23. The van der Waals surface area contributed by atoms with Crippen LogP contribution in [0.3, 0.4) is 0 Å². The maximum atomic E-state index is 12.2. The van der Waals surface area contributed by atoms with E-state index in [9.17, 15) is 4.79 Å². The van der Waals surface area contributed by atoms with Gasteiger partial charge in [-0.25, -0.2) is 0 Å². The summed E-state index contributed by atoms with van der Waals surface area (Å²) in [5, 5.41) is 0. The van der Waals surface area contributed by atoms with Crippen molar-refractivity contribution >= 4 is 5.78 Å². The Hall–Kier alpha value is -1.31. The molecule has 2 aliphatic carbocycles. The SMILES string of the molecule is CC(C)(C)c1cccc(OC2CC(=O)C23CCCCC3)c1. The molecule has 0 aromatic heterocycles. The number of ether oxygens (including phenoxy) is 1. The van der Waals surface area contributed by atoms with E-state index >= 15 is 0 Å². The maximum absolute atomic E-state index is 12.2. The van der Waals surface area contributed by atoms with E-state index in [1.165, 1.54) is 24.8 Å². The van der Waals surface area contributed by atoms with Gasteiger partial charge in [0.25, 0.3) is 0 Å². The zero-order valence-electron chi connectivity index (χ0n) is 13.4. The molecule has 0 bridgehead atoms. The standard InChI is InChI=1S/C19H26O2/c1-18(2,3)14-8-7-9-15(12-14)21-17-13-16(20)19(17)10-5-4-6-11-19/h7-9,12,17H,4-6,10-11,13H2,1-3H3. The van der Waals surface area contributed by atoms with Crippen LogP contribution in [0.25, 0.3) is 0 Å². The molecule has 1 aromatic carbocycles. The largest absolute Gasteiger partial charge is 0.489 e. The van der Waals surface area contributed by atoms with Crippen molar-refractivity contribution in [1.82, 2.24) is 0 Å². The number of carbonyl (C=O) groups excluding carboxylic acids is 1. The molecule has 21 heavy (non-hydrogen) atoms. The predicted molar refractivity (Wildman–Crippen MR) is 84.7 cm³/mol. The molecule has 2 aliphatic rings. The molecule has 1 aromatic rings. The van der Waals surface area contributed by atoms with Gasteiger partial charge in [-0.3, -0.25) is 4.79 Å². The van der Waals surface area contributed by atoms with Crippen LogP contribution >= 0.6 is 0 Å². The molecule has 0 aliphatic heterocycles. The van der Waals surface area contributed by atoms with Gasteiger partial charge in [0.2, 0.25) is 0 Å². The summed E-state index contributed by atoms with van der Waals surface area (Å²) in [4.78, 5) is 12.2. The fraction of sp³-hybridized carbons (Fsp3) is 0.632. The van der Waals surface area contributed by atoms with Gasteiger partial charge < -0.3 is 4.74 Å². The minimum Gasteiger partial charge on any atom is -0.489 e. The summed E-state index contributed by atoms with van der Waals surface area (Å²) >= 11 is 0. The van der Waals surface area contributed by atoms with Gasteiger partial charge in [-0.05, 0) is 36.0 Å². The lowest BCUT2D eigenvalue weighted by molar-refractivity contribution is -0.156. The Morgan fingerprint density at radius 2 is 1.86 bits per heavy atom. The molecule has 0 N–H and O–H groups in total. The molecular weight excluding hydrogens is 260 g/mol. The highest BCUT2D eigenvalue weighted by molar-refractivity contribution is 5.92. The third kappa shape index (κ3) is 2.61. The molecule has 2 fully saturated rings. The molecule has 2 nitrogen and oxygen atoms in total. The lowest BCUT2D eigenvalue weighted by Crippen LogP contribution is -2.57. The van der Waals surface area contributed by atoms with E-state index in [1.54, 1.807) is 0 Å². The van der Waals surface area contributed by atoms with Crippen LogP contribution in [-0.2, 0) is 10.2 Å². The second-order valence-corrected chi connectivity index (χ2v) is 7.73. The summed E-state index contributed by atoms with van der Waals surface area (Å²) in [7, 11) is 0. The summed E-state index contributed by atoms with van der Waals surface area (Å²) in [5.74, 6) is 1.35. The molecule has 0 heterocycles. The minimum absolute atomic E-state index is 0.0977. The highest BCUT2D eigenvalue weighted by Gasteiger charge is 2.56. The molecule has 3 rings (SSSR count). The Bertz CT molecular complexity index is 533. The lowest BCUT2D eigenvalue weighted by Gasteiger charge is -2.49. The van der Waals surface area contributed by atoms with Gasteiger partial charge in [0, 0.05) is 6.42 Å². The first-order valence-electron chi connectivity index (χ1n) is 8.22. The highest BCUT2D eigenvalue weighted by atomic mass is 16.5. The normalized spacial score (nSPS) is 24.7. The van der Waals surface area contributed by atoms with Crippen molar-refractivity contribution in [1.29, 1.82) is 0 Å². The summed E-state index contributed by atoms with van der Waals surface area (Å²) in [6, 6.07) is 8.37. The number of carbonyl (C=O) groups is 1. The van der Waals surface area contributed by atoms with Crippen molar-refractivity contribution in [3.8, 4) is 5.75 Å².